The number of nitrogens with zero attached hydrogens (tertiary/aromatic N) is 2. The first-order chi connectivity index (χ1) is 10.5. The van der Waals surface area contributed by atoms with Gasteiger partial charge in [0, 0.05) is 10.6 Å². The lowest BCUT2D eigenvalue weighted by Crippen LogP contribution is -2.12. The van der Waals surface area contributed by atoms with Gasteiger partial charge < -0.3 is 0 Å². The maximum absolute atomic E-state index is 12.2. The topological polar surface area (TPSA) is 72.0 Å². The second-order valence-electron chi connectivity index (χ2n) is 4.34. The third kappa shape index (κ3) is 3.27. The van der Waals surface area contributed by atoms with Crippen LogP contribution >= 0.6 is 22.9 Å². The highest BCUT2D eigenvalue weighted by Gasteiger charge is 2.16. The van der Waals surface area contributed by atoms with E-state index in [1.807, 2.05) is 0 Å². The van der Waals surface area contributed by atoms with Crippen LogP contribution in [0.25, 0.3) is 10.6 Å². The number of nitrogens with one attached hydrogen (secondary N) is 1. The number of hydrogen-bond acceptors (Lipinski definition) is 5. The van der Waals surface area contributed by atoms with Crippen molar-refractivity contribution in [2.75, 3.05) is 4.72 Å². The molecule has 0 aliphatic heterocycles. The fraction of sp³-hybridized carbons (Fsp3) is 0. The summed E-state index contributed by atoms with van der Waals surface area (Å²) in [5, 5.41) is 9.32. The maximum atomic E-state index is 12.2. The van der Waals surface area contributed by atoms with Crippen LogP contribution in [-0.2, 0) is 10.0 Å². The van der Waals surface area contributed by atoms with E-state index in [0.29, 0.717) is 10.0 Å². The second kappa shape index (κ2) is 6.04. The number of aromatic nitrogens is 2. The molecule has 0 fully saturated rings. The van der Waals surface area contributed by atoms with Crippen LogP contribution in [0.3, 0.4) is 0 Å². The molecule has 0 atom stereocenters. The number of rotatable bonds is 4. The van der Waals surface area contributed by atoms with E-state index in [0.717, 1.165) is 16.9 Å². The summed E-state index contributed by atoms with van der Waals surface area (Å²) in [6.45, 7) is 0. The van der Waals surface area contributed by atoms with Crippen molar-refractivity contribution in [1.82, 2.24) is 10.2 Å². The zero-order chi connectivity index (χ0) is 15.6. The molecule has 1 N–H and O–H groups in total. The lowest BCUT2D eigenvalue weighted by atomic mass is 10.2. The second-order valence-corrected chi connectivity index (χ2v) is 7.43. The Kier molecular flexibility index (Phi) is 4.10. The normalized spacial score (nSPS) is 11.3. The third-order valence-electron chi connectivity index (χ3n) is 2.79. The Morgan fingerprint density at radius 3 is 2.32 bits per heavy atom. The van der Waals surface area contributed by atoms with E-state index < -0.39 is 10.0 Å². The lowest BCUT2D eigenvalue weighted by molar-refractivity contribution is 0.601. The molecule has 0 aliphatic rings. The quantitative estimate of drug-likeness (QED) is 0.778. The van der Waals surface area contributed by atoms with Crippen molar-refractivity contribution in [3.8, 4) is 10.6 Å². The Balaban J connectivity index is 1.84. The molecule has 3 aromatic rings. The number of sulfonamides is 1. The van der Waals surface area contributed by atoms with Crippen LogP contribution in [0.15, 0.2) is 59.5 Å². The fourth-order valence-corrected chi connectivity index (χ4v) is 3.87. The van der Waals surface area contributed by atoms with Crippen molar-refractivity contribution in [2.24, 2.45) is 0 Å². The standard InChI is InChI=1S/C14H10ClN3O2S2/c15-11-8-6-10(7-9-11)13-16-17-14(21-13)18-22(19,20)12-4-2-1-3-5-12/h1-9H,(H,17,18). The monoisotopic (exact) mass is 351 g/mol. The summed E-state index contributed by atoms with van der Waals surface area (Å²) in [5.41, 5.74) is 0.826. The van der Waals surface area contributed by atoms with Crippen LogP contribution in [0.1, 0.15) is 0 Å². The molecule has 1 heterocycles. The molecule has 0 bridgehead atoms. The van der Waals surface area contributed by atoms with Gasteiger partial charge in [0.05, 0.1) is 4.90 Å². The highest BCUT2D eigenvalue weighted by Crippen LogP contribution is 2.28. The van der Waals surface area contributed by atoms with Gasteiger partial charge in [0.15, 0.2) is 0 Å². The Labute approximate surface area is 136 Å². The molecular formula is C14H10ClN3O2S2. The molecule has 2 aromatic carbocycles. The first-order valence-electron chi connectivity index (χ1n) is 6.22. The van der Waals surface area contributed by atoms with E-state index in [2.05, 4.69) is 14.9 Å². The molecular weight excluding hydrogens is 342 g/mol. The van der Waals surface area contributed by atoms with Gasteiger partial charge in [-0.05, 0) is 24.3 Å². The summed E-state index contributed by atoms with van der Waals surface area (Å²) in [7, 11) is -3.65. The van der Waals surface area contributed by atoms with E-state index in [9.17, 15) is 8.42 Å². The minimum absolute atomic E-state index is 0.179. The summed E-state index contributed by atoms with van der Waals surface area (Å²) in [4.78, 5) is 0.179. The minimum atomic E-state index is -3.65. The van der Waals surface area contributed by atoms with Crippen LogP contribution in [0.5, 0.6) is 0 Å². The van der Waals surface area contributed by atoms with Gasteiger partial charge in [0.25, 0.3) is 10.0 Å². The summed E-state index contributed by atoms with van der Waals surface area (Å²) < 4.78 is 26.8. The first kappa shape index (κ1) is 15.0. The van der Waals surface area contributed by atoms with E-state index >= 15 is 0 Å². The molecule has 0 saturated heterocycles. The van der Waals surface area contributed by atoms with Gasteiger partial charge in [-0.1, -0.05) is 53.3 Å². The Morgan fingerprint density at radius 1 is 0.955 bits per heavy atom. The largest absolute Gasteiger partial charge is 0.263 e. The SMILES string of the molecule is O=S(=O)(Nc1nnc(-c2ccc(Cl)cc2)s1)c1ccccc1. The molecule has 1 aromatic heterocycles. The van der Waals surface area contributed by atoms with Crippen LogP contribution in [0.4, 0.5) is 5.13 Å². The minimum Gasteiger partial charge on any atom is -0.253 e. The Hall–Kier alpha value is -1.96. The first-order valence-corrected chi connectivity index (χ1v) is 8.90. The van der Waals surface area contributed by atoms with Crippen molar-refractivity contribution in [1.29, 1.82) is 0 Å². The summed E-state index contributed by atoms with van der Waals surface area (Å²) >= 11 is 6.99. The number of halogens is 1. The molecule has 0 radical (unpaired) electrons. The van der Waals surface area contributed by atoms with E-state index in [1.54, 1.807) is 42.5 Å². The van der Waals surface area contributed by atoms with Gasteiger partial charge in [-0.3, -0.25) is 4.72 Å². The molecule has 112 valence electrons. The molecule has 3 rings (SSSR count). The van der Waals surface area contributed by atoms with Crippen LogP contribution in [0, 0.1) is 0 Å². The van der Waals surface area contributed by atoms with Gasteiger partial charge in [0.2, 0.25) is 5.13 Å². The zero-order valence-corrected chi connectivity index (χ0v) is 13.5. The maximum Gasteiger partial charge on any atom is 0.263 e. The summed E-state index contributed by atoms with van der Waals surface area (Å²) in [6.07, 6.45) is 0. The van der Waals surface area contributed by atoms with Crippen molar-refractivity contribution >= 4 is 38.1 Å². The van der Waals surface area contributed by atoms with Crippen molar-refractivity contribution in [2.45, 2.75) is 4.90 Å². The van der Waals surface area contributed by atoms with Gasteiger partial charge in [-0.25, -0.2) is 8.42 Å². The lowest BCUT2D eigenvalue weighted by Gasteiger charge is -2.03. The number of benzene rings is 2. The van der Waals surface area contributed by atoms with Crippen LogP contribution < -0.4 is 4.72 Å². The molecule has 22 heavy (non-hydrogen) atoms. The average molecular weight is 352 g/mol. The van der Waals surface area contributed by atoms with Crippen molar-refractivity contribution in [3.05, 3.63) is 59.6 Å². The van der Waals surface area contributed by atoms with Gasteiger partial charge in [0.1, 0.15) is 5.01 Å². The molecule has 0 amide bonds. The van der Waals surface area contributed by atoms with Gasteiger partial charge in [-0.2, -0.15) is 0 Å². The Bertz CT molecular complexity index is 878. The predicted molar refractivity (Wildman–Crippen MR) is 87.6 cm³/mol. The van der Waals surface area contributed by atoms with E-state index in [1.165, 1.54) is 12.1 Å². The summed E-state index contributed by atoms with van der Waals surface area (Å²) in [5.74, 6) is 0. The fourth-order valence-electron chi connectivity index (χ4n) is 1.75. The summed E-state index contributed by atoms with van der Waals surface area (Å²) in [6, 6.07) is 15.2. The van der Waals surface area contributed by atoms with Gasteiger partial charge in [-0.15, -0.1) is 10.2 Å². The molecule has 5 nitrogen and oxygen atoms in total. The third-order valence-corrected chi connectivity index (χ3v) is 5.42. The zero-order valence-electron chi connectivity index (χ0n) is 11.1. The molecule has 0 saturated carbocycles. The van der Waals surface area contributed by atoms with Gasteiger partial charge >= 0.3 is 0 Å². The highest BCUT2D eigenvalue weighted by atomic mass is 35.5. The van der Waals surface area contributed by atoms with Crippen LogP contribution in [0.2, 0.25) is 5.02 Å². The van der Waals surface area contributed by atoms with Crippen molar-refractivity contribution < 1.29 is 8.42 Å². The van der Waals surface area contributed by atoms with Crippen molar-refractivity contribution in [3.63, 3.8) is 0 Å². The smallest absolute Gasteiger partial charge is 0.253 e. The van der Waals surface area contributed by atoms with E-state index in [-0.39, 0.29) is 10.0 Å². The molecule has 0 aliphatic carbocycles. The average Bonchev–Trinajstić information content (AvgIpc) is 2.97. The number of hydrogen-bond donors (Lipinski definition) is 1. The highest BCUT2D eigenvalue weighted by molar-refractivity contribution is 7.93. The molecule has 8 heteroatoms. The number of anilines is 1. The predicted octanol–water partition coefficient (Wildman–Crippen LogP) is 3.66. The molecule has 0 spiro atoms. The van der Waals surface area contributed by atoms with Crippen LogP contribution in [-0.4, -0.2) is 18.6 Å². The Morgan fingerprint density at radius 2 is 1.64 bits per heavy atom. The van der Waals surface area contributed by atoms with E-state index in [4.69, 9.17) is 11.6 Å². The molecule has 0 unspecified atom stereocenters.